The van der Waals surface area contributed by atoms with Crippen LogP contribution in [0.1, 0.15) is 23.7 Å². The van der Waals surface area contributed by atoms with Crippen molar-refractivity contribution in [1.29, 1.82) is 0 Å². The topological polar surface area (TPSA) is 26.3 Å². The second-order valence-corrected chi connectivity index (χ2v) is 4.44. The van der Waals surface area contributed by atoms with Crippen LogP contribution in [0.5, 0.6) is 5.75 Å². The zero-order valence-electron chi connectivity index (χ0n) is 9.63. The van der Waals surface area contributed by atoms with Crippen molar-refractivity contribution in [3.63, 3.8) is 0 Å². The van der Waals surface area contributed by atoms with E-state index in [1.165, 1.54) is 13.0 Å². The number of carbonyl (C=O) groups is 1. The summed E-state index contributed by atoms with van der Waals surface area (Å²) in [4.78, 5) is 11.0. The summed E-state index contributed by atoms with van der Waals surface area (Å²) in [5.74, 6) is -1.30. The van der Waals surface area contributed by atoms with Gasteiger partial charge in [-0.15, -0.1) is 0 Å². The van der Waals surface area contributed by atoms with E-state index in [0.29, 0.717) is 0 Å². The lowest BCUT2D eigenvalue weighted by atomic mass is 10.1. The van der Waals surface area contributed by atoms with Crippen molar-refractivity contribution in [2.24, 2.45) is 0 Å². The molecule has 0 N–H and O–H groups in total. The predicted molar refractivity (Wildman–Crippen MR) is 59.6 cm³/mol. The molecule has 0 amide bonds. The van der Waals surface area contributed by atoms with Gasteiger partial charge in [-0.3, -0.25) is 4.79 Å². The van der Waals surface area contributed by atoms with Crippen molar-refractivity contribution in [3.05, 3.63) is 23.8 Å². The Kier molecular flexibility index (Phi) is 5.16. The Balaban J connectivity index is 3.25. The normalized spacial score (nSPS) is 11.7. The minimum absolute atomic E-state index is 0.0280. The van der Waals surface area contributed by atoms with Crippen LogP contribution in [-0.4, -0.2) is 17.9 Å². The number of rotatable bonds is 5. The van der Waals surface area contributed by atoms with E-state index in [0.717, 1.165) is 12.1 Å². The first kappa shape index (κ1) is 15.7. The van der Waals surface area contributed by atoms with E-state index >= 15 is 0 Å². The van der Waals surface area contributed by atoms with E-state index in [4.69, 9.17) is 0 Å². The van der Waals surface area contributed by atoms with Gasteiger partial charge in [-0.2, -0.15) is 22.0 Å². The molecule has 0 bridgehead atoms. The molecule has 1 aromatic carbocycles. The summed E-state index contributed by atoms with van der Waals surface area (Å²) >= 11 is -0.599. The third kappa shape index (κ3) is 4.70. The molecule has 8 heteroatoms. The molecule has 0 aliphatic rings. The van der Waals surface area contributed by atoms with Gasteiger partial charge in [-0.1, -0.05) is 13.0 Å². The van der Waals surface area contributed by atoms with Crippen LogP contribution in [0, 0.1) is 0 Å². The van der Waals surface area contributed by atoms with E-state index in [9.17, 15) is 26.7 Å². The number of ether oxygens (including phenoxy) is 1. The molecule has 0 aromatic heterocycles. The van der Waals surface area contributed by atoms with Gasteiger partial charge in [0.2, 0.25) is 0 Å². The summed E-state index contributed by atoms with van der Waals surface area (Å²) in [6.45, 7) is -1.84. The molecular weight excluding hydrogens is 291 g/mol. The number of Topliss-reactive ketones (excluding diaryl/α,β-unsaturated/α-hetero) is 1. The molecule has 0 heterocycles. The lowest BCUT2D eigenvalue weighted by molar-refractivity contribution is -0.0530. The van der Waals surface area contributed by atoms with Crippen molar-refractivity contribution in [2.45, 2.75) is 30.4 Å². The van der Waals surface area contributed by atoms with Crippen molar-refractivity contribution >= 4 is 17.5 Å². The number of halogens is 5. The summed E-state index contributed by atoms with van der Waals surface area (Å²) in [6, 6.07) is 3.32. The minimum Gasteiger partial charge on any atom is -0.433 e. The van der Waals surface area contributed by atoms with Gasteiger partial charge < -0.3 is 4.74 Å². The Bertz CT molecular complexity index is 459. The Morgan fingerprint density at radius 1 is 1.37 bits per heavy atom. The maximum absolute atomic E-state index is 12.3. The van der Waals surface area contributed by atoms with Gasteiger partial charge in [0.15, 0.2) is 11.5 Å². The number of hydrogen-bond acceptors (Lipinski definition) is 3. The molecule has 1 aromatic rings. The SMILES string of the molecule is CCC(=O)c1cccc(SC(F)(F)F)c1OC(F)F. The highest BCUT2D eigenvalue weighted by atomic mass is 32.2. The second-order valence-electron chi connectivity index (χ2n) is 3.34. The number of benzene rings is 1. The summed E-state index contributed by atoms with van der Waals surface area (Å²) in [7, 11) is 0. The zero-order chi connectivity index (χ0) is 14.6. The second kappa shape index (κ2) is 6.23. The molecule has 0 aliphatic heterocycles. The largest absolute Gasteiger partial charge is 0.446 e. The van der Waals surface area contributed by atoms with Gasteiger partial charge in [-0.25, -0.2) is 0 Å². The van der Waals surface area contributed by atoms with Gasteiger partial charge in [0.05, 0.1) is 10.5 Å². The maximum atomic E-state index is 12.3. The Labute approximate surface area is 109 Å². The Morgan fingerprint density at radius 2 is 2.00 bits per heavy atom. The minimum atomic E-state index is -4.66. The van der Waals surface area contributed by atoms with Gasteiger partial charge in [0.25, 0.3) is 0 Å². The molecule has 0 spiro atoms. The Morgan fingerprint density at radius 3 is 2.47 bits per heavy atom. The molecule has 0 radical (unpaired) electrons. The highest BCUT2D eigenvalue weighted by Gasteiger charge is 2.32. The molecule has 2 nitrogen and oxygen atoms in total. The van der Waals surface area contributed by atoms with Crippen molar-refractivity contribution in [3.8, 4) is 5.75 Å². The van der Waals surface area contributed by atoms with Crippen LogP contribution in [0.3, 0.4) is 0 Å². The zero-order valence-corrected chi connectivity index (χ0v) is 10.4. The fraction of sp³-hybridized carbons (Fsp3) is 0.364. The molecule has 106 valence electrons. The number of alkyl halides is 5. The highest BCUT2D eigenvalue weighted by Crippen LogP contribution is 2.43. The van der Waals surface area contributed by atoms with Gasteiger partial charge in [0.1, 0.15) is 0 Å². The molecule has 0 atom stereocenters. The van der Waals surface area contributed by atoms with Crippen LogP contribution in [0.25, 0.3) is 0 Å². The molecule has 0 unspecified atom stereocenters. The van der Waals surface area contributed by atoms with E-state index in [-0.39, 0.29) is 12.0 Å². The summed E-state index contributed by atoms with van der Waals surface area (Å²) in [5.41, 5.74) is -4.94. The van der Waals surface area contributed by atoms with E-state index in [1.54, 1.807) is 0 Å². The summed E-state index contributed by atoms with van der Waals surface area (Å²) in [5, 5.41) is 0. The van der Waals surface area contributed by atoms with Crippen LogP contribution in [0.4, 0.5) is 22.0 Å². The highest BCUT2D eigenvalue weighted by molar-refractivity contribution is 8.00. The van der Waals surface area contributed by atoms with Gasteiger partial charge in [-0.05, 0) is 23.9 Å². The van der Waals surface area contributed by atoms with Crippen LogP contribution in [0.15, 0.2) is 23.1 Å². The summed E-state index contributed by atoms with van der Waals surface area (Å²) < 4.78 is 65.5. The number of carbonyl (C=O) groups excluding carboxylic acids is 1. The first-order valence-electron chi connectivity index (χ1n) is 5.11. The maximum Gasteiger partial charge on any atom is 0.446 e. The third-order valence-corrected chi connectivity index (χ3v) is 2.81. The van der Waals surface area contributed by atoms with Crippen LogP contribution in [-0.2, 0) is 0 Å². The number of ketones is 1. The van der Waals surface area contributed by atoms with E-state index in [2.05, 4.69) is 4.74 Å². The Hall–Kier alpha value is -1.31. The van der Waals surface area contributed by atoms with Gasteiger partial charge >= 0.3 is 12.1 Å². The average Bonchev–Trinajstić information content (AvgIpc) is 2.28. The molecule has 0 saturated carbocycles. The van der Waals surface area contributed by atoms with Crippen molar-refractivity contribution in [2.75, 3.05) is 0 Å². The van der Waals surface area contributed by atoms with E-state index in [1.807, 2.05) is 0 Å². The molecule has 1 rings (SSSR count). The average molecular weight is 300 g/mol. The number of thioether (sulfide) groups is 1. The monoisotopic (exact) mass is 300 g/mol. The standard InChI is InChI=1S/C11H9F5O2S/c1-2-7(17)6-4-3-5-8(19-11(14,15)16)9(6)18-10(12)13/h3-5,10H,2H2,1H3. The molecule has 0 fully saturated rings. The van der Waals surface area contributed by atoms with Crippen molar-refractivity contribution < 1.29 is 31.5 Å². The summed E-state index contributed by atoms with van der Waals surface area (Å²) in [6.07, 6.45) is -0.0280. The van der Waals surface area contributed by atoms with E-state index < -0.39 is 40.3 Å². The fourth-order valence-electron chi connectivity index (χ4n) is 1.34. The van der Waals surface area contributed by atoms with Crippen molar-refractivity contribution in [1.82, 2.24) is 0 Å². The third-order valence-electron chi connectivity index (χ3n) is 2.03. The lowest BCUT2D eigenvalue weighted by Gasteiger charge is -2.14. The first-order chi connectivity index (χ1) is 8.74. The molecular formula is C11H9F5O2S. The quantitative estimate of drug-likeness (QED) is 0.455. The van der Waals surface area contributed by atoms with Gasteiger partial charge in [0, 0.05) is 6.42 Å². The lowest BCUT2D eigenvalue weighted by Crippen LogP contribution is -2.10. The van der Waals surface area contributed by atoms with Crippen LogP contribution < -0.4 is 4.74 Å². The number of para-hydroxylation sites is 1. The molecule has 0 saturated heterocycles. The number of hydrogen-bond donors (Lipinski definition) is 0. The predicted octanol–water partition coefficient (Wildman–Crippen LogP) is 4.49. The first-order valence-corrected chi connectivity index (χ1v) is 5.93. The fourth-order valence-corrected chi connectivity index (χ4v) is 1.99. The van der Waals surface area contributed by atoms with Crippen LogP contribution >= 0.6 is 11.8 Å². The molecule has 19 heavy (non-hydrogen) atoms. The molecule has 0 aliphatic carbocycles. The smallest absolute Gasteiger partial charge is 0.433 e. The van der Waals surface area contributed by atoms with Crippen LogP contribution in [0.2, 0.25) is 0 Å².